The lowest BCUT2D eigenvalue weighted by Crippen LogP contribution is -2.38. The number of amides is 1. The third kappa shape index (κ3) is 19.0. The fourth-order valence-corrected chi connectivity index (χ4v) is 10.5. The van der Waals surface area contributed by atoms with E-state index < -0.39 is 53.6 Å². The van der Waals surface area contributed by atoms with Crippen molar-refractivity contribution < 1.29 is 85.7 Å². The number of ether oxygens (including phenoxy) is 11. The molecule has 19 heteroatoms. The lowest BCUT2D eigenvalue weighted by atomic mass is 9.75. The van der Waals surface area contributed by atoms with Crippen LogP contribution in [0.3, 0.4) is 0 Å². The first-order valence-corrected chi connectivity index (χ1v) is 31.0. The van der Waals surface area contributed by atoms with Gasteiger partial charge in [-0.3, -0.25) is 19.2 Å². The first kappa shape index (κ1) is 67.2. The number of hydrogen-bond acceptors (Lipinski definition) is 18. The summed E-state index contributed by atoms with van der Waals surface area (Å²) in [6, 6.07) is 63.8. The Labute approximate surface area is 554 Å². The lowest BCUT2D eigenvalue weighted by Gasteiger charge is -2.31. The Morgan fingerprint density at radius 2 is 0.604 bits per heavy atom. The maximum atomic E-state index is 13.7. The summed E-state index contributed by atoms with van der Waals surface area (Å²) in [7, 11) is 3.21. The Bertz CT molecular complexity index is 3890. The minimum atomic E-state index is -0.892. The zero-order valence-corrected chi connectivity index (χ0v) is 52.9. The quantitative estimate of drug-likeness (QED) is 0.0208. The lowest BCUT2D eigenvalue weighted by molar-refractivity contribution is -0.161. The highest BCUT2D eigenvalue weighted by molar-refractivity contribution is 5.95. The summed E-state index contributed by atoms with van der Waals surface area (Å²) in [5, 5.41) is 2.96. The average Bonchev–Trinajstić information content (AvgIpc) is 0.958. The molecule has 1 saturated carbocycles. The van der Waals surface area contributed by atoms with Crippen LogP contribution < -0.4 is 43.2 Å². The molecule has 0 aromatic heterocycles. The smallest absolute Gasteiger partial charge is 0.343 e. The van der Waals surface area contributed by atoms with E-state index in [-0.39, 0.29) is 93.3 Å². The second kappa shape index (κ2) is 33.2. The predicted molar refractivity (Wildman–Crippen MR) is 354 cm³/mol. The number of carbonyl (C=O) groups is 7. The van der Waals surface area contributed by atoms with Crippen molar-refractivity contribution in [2.75, 3.05) is 53.9 Å². The number of nitrogens with one attached hydrogen (secondary N) is 1. The number of carbonyl (C=O) groups excluding carboxylic acids is 7. The molecule has 9 aromatic carbocycles. The fraction of sp³-hybridized carbons (Fsp3) is 0.208. The van der Waals surface area contributed by atoms with E-state index in [2.05, 4.69) is 5.32 Å². The monoisotopic (exact) mass is 1300 g/mol. The highest BCUT2D eigenvalue weighted by atomic mass is 16.6. The van der Waals surface area contributed by atoms with E-state index in [4.69, 9.17) is 52.1 Å². The Morgan fingerprint density at radius 3 is 0.906 bits per heavy atom. The molecule has 1 amide bonds. The van der Waals surface area contributed by atoms with E-state index in [0.29, 0.717) is 34.3 Å². The summed E-state index contributed by atoms with van der Waals surface area (Å²) in [6.45, 7) is 1.22. The summed E-state index contributed by atoms with van der Waals surface area (Å²) in [5.41, 5.74) is 6.01. The van der Waals surface area contributed by atoms with Crippen LogP contribution in [0.15, 0.2) is 224 Å². The molecule has 96 heavy (non-hydrogen) atoms. The van der Waals surface area contributed by atoms with E-state index in [9.17, 15) is 33.6 Å². The zero-order valence-electron chi connectivity index (χ0n) is 52.9. The maximum Gasteiger partial charge on any atom is 0.343 e. The van der Waals surface area contributed by atoms with E-state index in [1.54, 1.807) is 111 Å². The summed E-state index contributed by atoms with van der Waals surface area (Å²) in [4.78, 5) is 93.0. The third-order valence-corrected chi connectivity index (χ3v) is 15.7. The summed E-state index contributed by atoms with van der Waals surface area (Å²) in [5.74, 6) is -3.00. The number of rotatable bonds is 28. The Kier molecular flexibility index (Phi) is 23.2. The highest BCUT2D eigenvalue weighted by Crippen LogP contribution is 2.36. The highest BCUT2D eigenvalue weighted by Gasteiger charge is 2.41. The van der Waals surface area contributed by atoms with Gasteiger partial charge < -0.3 is 57.4 Å². The third-order valence-electron chi connectivity index (χ3n) is 15.7. The van der Waals surface area contributed by atoms with Gasteiger partial charge in [-0.05, 0) is 200 Å². The van der Waals surface area contributed by atoms with Crippen molar-refractivity contribution in [1.82, 2.24) is 5.32 Å². The second-order valence-electron chi connectivity index (χ2n) is 22.2. The van der Waals surface area contributed by atoms with Crippen molar-refractivity contribution in [3.8, 4) is 68.2 Å². The zero-order chi connectivity index (χ0) is 67.2. The molecule has 0 aliphatic heterocycles. The molecule has 0 radical (unpaired) electrons. The van der Waals surface area contributed by atoms with Crippen LogP contribution >= 0.6 is 0 Å². The average molecular weight is 1300 g/mol. The molecule has 1 aliphatic carbocycles. The molecule has 0 bridgehead atoms. The van der Waals surface area contributed by atoms with Gasteiger partial charge in [0.15, 0.2) is 0 Å². The van der Waals surface area contributed by atoms with Crippen LogP contribution in [0.25, 0.3) is 22.3 Å². The van der Waals surface area contributed by atoms with E-state index in [1.165, 1.54) is 24.3 Å². The van der Waals surface area contributed by atoms with Gasteiger partial charge in [-0.25, -0.2) is 14.4 Å². The van der Waals surface area contributed by atoms with Gasteiger partial charge in [0.25, 0.3) is 5.91 Å². The Hall–Kier alpha value is -11.7. The SMILES string of the molecule is COc1ccc(-c2ccc(OC(=O)c3ccc(OCCOC(=O)C4CC(C(=O)OCCOc5ccc(C(=O)Oc6ccc(C(=O)N[C@@H](C)c7ccccc7)cc6)cc5)CC(C(=O)OCCOc5ccc(C(=O)Oc6ccc(-c7ccc(OC)cc7)cc6)cc5)C4)cc3)cc2)cc1. The van der Waals surface area contributed by atoms with Gasteiger partial charge in [0.2, 0.25) is 0 Å². The fourth-order valence-electron chi connectivity index (χ4n) is 10.5. The second-order valence-corrected chi connectivity index (χ2v) is 22.2. The van der Waals surface area contributed by atoms with E-state index in [0.717, 1.165) is 39.3 Å². The number of esters is 6. The van der Waals surface area contributed by atoms with Gasteiger partial charge in [0, 0.05) is 5.56 Å². The van der Waals surface area contributed by atoms with Crippen molar-refractivity contribution in [2.45, 2.75) is 32.2 Å². The van der Waals surface area contributed by atoms with Crippen molar-refractivity contribution in [3.63, 3.8) is 0 Å². The molecule has 1 fully saturated rings. The molecule has 3 atom stereocenters. The van der Waals surface area contributed by atoms with Crippen molar-refractivity contribution in [1.29, 1.82) is 0 Å². The van der Waals surface area contributed by atoms with Crippen LogP contribution in [-0.4, -0.2) is 95.6 Å². The molecule has 19 nitrogen and oxygen atoms in total. The van der Waals surface area contributed by atoms with Gasteiger partial charge in [-0.15, -0.1) is 0 Å². The molecule has 2 unspecified atom stereocenters. The van der Waals surface area contributed by atoms with Crippen molar-refractivity contribution in [2.24, 2.45) is 17.8 Å². The molecule has 490 valence electrons. The van der Waals surface area contributed by atoms with Crippen LogP contribution in [0, 0.1) is 17.8 Å². The summed E-state index contributed by atoms with van der Waals surface area (Å²) < 4.78 is 61.6. The van der Waals surface area contributed by atoms with Gasteiger partial charge in [0.05, 0.1) is 54.7 Å². The molecule has 1 N–H and O–H groups in total. The first-order valence-electron chi connectivity index (χ1n) is 31.0. The van der Waals surface area contributed by atoms with Gasteiger partial charge in [-0.1, -0.05) is 78.9 Å². The molecular weight excluding hydrogens is 1230 g/mol. The molecule has 0 heterocycles. The maximum absolute atomic E-state index is 13.7. The first-order chi connectivity index (χ1) is 46.7. The molecule has 10 rings (SSSR count). The van der Waals surface area contributed by atoms with Crippen LogP contribution in [-0.2, 0) is 28.6 Å². The van der Waals surface area contributed by atoms with Crippen LogP contribution in [0.4, 0.5) is 0 Å². The summed E-state index contributed by atoms with van der Waals surface area (Å²) in [6.07, 6.45) is 0.0920. The van der Waals surface area contributed by atoms with Crippen molar-refractivity contribution >= 4 is 41.7 Å². The number of methoxy groups -OCH3 is 2. The largest absolute Gasteiger partial charge is 0.497 e. The van der Waals surface area contributed by atoms with Gasteiger partial charge in [0.1, 0.15) is 85.6 Å². The summed E-state index contributed by atoms with van der Waals surface area (Å²) >= 11 is 0. The Morgan fingerprint density at radius 1 is 0.333 bits per heavy atom. The van der Waals surface area contributed by atoms with Crippen LogP contribution in [0.5, 0.6) is 46.0 Å². The standard InChI is InChI=1S/C77H69NO18/c1-50(51-7-5-4-6-8-51)78-71(79)56-17-39-70(40-18-56)96-77(85)59-23-33-67(34-24-59)90-43-46-93-74(82)62-48-60(72(80)91-44-41-88-65-29-19-57(20-30-65)75(83)94-68-35-13-54(14-36-68)52-9-25-63(86-2)26-10-52)47-61(49-62)73(81)92-45-42-89-66-31-21-58(22-32-66)76(84)95-69-37-15-55(16-38-69)53-11-27-64(87-3)28-12-53/h4-40,50,60-62H,41-49H2,1-3H3,(H,78,79)/t50-,60?,61?,62?/m0/s1. The molecule has 1 aliphatic rings. The molecular formula is C77H69NO18. The normalized spacial score (nSPS) is 14.3. The minimum absolute atomic E-state index is 0.0299. The van der Waals surface area contributed by atoms with Crippen LogP contribution in [0.2, 0.25) is 0 Å². The van der Waals surface area contributed by atoms with E-state index in [1.807, 2.05) is 110 Å². The van der Waals surface area contributed by atoms with Crippen LogP contribution in [0.1, 0.15) is 79.2 Å². The number of hydrogen-bond donors (Lipinski definition) is 1. The molecule has 9 aromatic rings. The minimum Gasteiger partial charge on any atom is -0.497 e. The van der Waals surface area contributed by atoms with E-state index >= 15 is 0 Å². The topological polar surface area (TPSA) is 233 Å². The van der Waals surface area contributed by atoms with Gasteiger partial charge >= 0.3 is 35.8 Å². The predicted octanol–water partition coefficient (Wildman–Crippen LogP) is 13.4. The molecule has 0 saturated heterocycles. The Balaban J connectivity index is 0.683. The van der Waals surface area contributed by atoms with Crippen molar-refractivity contribution in [3.05, 3.63) is 252 Å². The number of benzene rings is 9. The van der Waals surface area contributed by atoms with Gasteiger partial charge in [-0.2, -0.15) is 0 Å². The molecule has 0 spiro atoms.